The van der Waals surface area contributed by atoms with Crippen molar-refractivity contribution in [3.63, 3.8) is 0 Å². The highest BCUT2D eigenvalue weighted by atomic mass is 79.9. The highest BCUT2D eigenvalue weighted by Crippen LogP contribution is 2.31. The number of carbonyl (C=O) groups excluding carboxylic acids is 1. The fourth-order valence-corrected chi connectivity index (χ4v) is 6.36. The molecule has 0 saturated carbocycles. The molecule has 1 aliphatic rings. The Bertz CT molecular complexity index is 859. The molecule has 1 saturated heterocycles. The lowest BCUT2D eigenvalue weighted by molar-refractivity contribution is -0.140. The van der Waals surface area contributed by atoms with E-state index in [4.69, 9.17) is 16.3 Å². The Kier molecular flexibility index (Phi) is 5.85. The number of ether oxygens (including phenoxy) is 1. The average molecular weight is 465 g/mol. The second kappa shape index (κ2) is 7.75. The summed E-state index contributed by atoms with van der Waals surface area (Å²) in [6, 6.07) is 9.87. The smallest absolute Gasteiger partial charge is 0.314 e. The van der Waals surface area contributed by atoms with Crippen LogP contribution in [0.4, 0.5) is 0 Å². The maximum absolute atomic E-state index is 12.6. The number of sulfonamides is 1. The molecule has 1 fully saturated rings. The van der Waals surface area contributed by atoms with Crippen LogP contribution in [0.3, 0.4) is 0 Å². The summed E-state index contributed by atoms with van der Waals surface area (Å²) in [5.41, 5.74) is 0. The zero-order chi connectivity index (χ0) is 18.0. The third-order valence-corrected chi connectivity index (χ3v) is 8.20. The summed E-state index contributed by atoms with van der Waals surface area (Å²) in [5, 5.41) is 0.568. The van der Waals surface area contributed by atoms with E-state index in [2.05, 4.69) is 15.9 Å². The first kappa shape index (κ1) is 18.8. The van der Waals surface area contributed by atoms with Crippen LogP contribution in [0.1, 0.15) is 12.8 Å². The highest BCUT2D eigenvalue weighted by molar-refractivity contribution is 9.11. The highest BCUT2D eigenvalue weighted by Gasteiger charge is 2.33. The van der Waals surface area contributed by atoms with Gasteiger partial charge in [0, 0.05) is 18.1 Å². The van der Waals surface area contributed by atoms with Gasteiger partial charge in [0.2, 0.25) is 0 Å². The summed E-state index contributed by atoms with van der Waals surface area (Å²) in [5.74, 6) is -0.205. The first-order chi connectivity index (χ1) is 11.9. The molecule has 0 radical (unpaired) electrons. The maximum atomic E-state index is 12.6. The molecule has 1 aliphatic heterocycles. The van der Waals surface area contributed by atoms with Crippen LogP contribution < -0.4 is 4.74 Å². The predicted molar refractivity (Wildman–Crippen MR) is 101 cm³/mol. The van der Waals surface area contributed by atoms with E-state index in [1.165, 1.54) is 15.6 Å². The number of hydrogen-bond acceptors (Lipinski definition) is 5. The van der Waals surface area contributed by atoms with Crippen molar-refractivity contribution < 1.29 is 17.9 Å². The van der Waals surface area contributed by atoms with Crippen molar-refractivity contribution in [2.45, 2.75) is 17.1 Å². The lowest BCUT2D eigenvalue weighted by Crippen LogP contribution is -2.40. The van der Waals surface area contributed by atoms with Crippen molar-refractivity contribution in [3.8, 4) is 5.75 Å². The van der Waals surface area contributed by atoms with Gasteiger partial charge in [0.25, 0.3) is 10.0 Å². The van der Waals surface area contributed by atoms with E-state index in [0.29, 0.717) is 40.9 Å². The normalized spacial score (nSPS) is 16.7. The van der Waals surface area contributed by atoms with Crippen molar-refractivity contribution >= 4 is 54.9 Å². The molecule has 0 spiro atoms. The fraction of sp³-hybridized carbons (Fsp3) is 0.312. The van der Waals surface area contributed by atoms with Crippen molar-refractivity contribution in [1.82, 2.24) is 4.31 Å². The van der Waals surface area contributed by atoms with Crippen molar-refractivity contribution in [3.05, 3.63) is 45.2 Å². The van der Waals surface area contributed by atoms with E-state index < -0.39 is 10.0 Å². The number of rotatable bonds is 4. The van der Waals surface area contributed by atoms with Gasteiger partial charge in [-0.05, 0) is 65.2 Å². The minimum absolute atomic E-state index is 0.304. The van der Waals surface area contributed by atoms with Crippen molar-refractivity contribution in [2.75, 3.05) is 13.1 Å². The summed E-state index contributed by atoms with van der Waals surface area (Å²) in [4.78, 5) is 12.3. The minimum atomic E-state index is -3.50. The first-order valence-electron chi connectivity index (χ1n) is 7.59. The number of benzene rings is 1. The van der Waals surface area contributed by atoms with E-state index in [-0.39, 0.29) is 11.9 Å². The van der Waals surface area contributed by atoms with Gasteiger partial charge >= 0.3 is 5.97 Å². The van der Waals surface area contributed by atoms with E-state index >= 15 is 0 Å². The third kappa shape index (κ3) is 4.43. The Morgan fingerprint density at radius 2 is 1.80 bits per heavy atom. The van der Waals surface area contributed by atoms with Crippen LogP contribution in [-0.4, -0.2) is 31.8 Å². The van der Waals surface area contributed by atoms with Gasteiger partial charge < -0.3 is 4.74 Å². The summed E-state index contributed by atoms with van der Waals surface area (Å²) >= 11 is 10.3. The Labute approximate surface area is 163 Å². The molecular formula is C16H15BrClNO4S2. The lowest BCUT2D eigenvalue weighted by Gasteiger charge is -2.29. The SMILES string of the molecule is O=C(Oc1ccc(Cl)cc1)C1CCN(S(=O)(=O)c2ccc(Br)s2)CC1. The number of piperidine rings is 1. The molecule has 5 nitrogen and oxygen atoms in total. The van der Waals surface area contributed by atoms with E-state index in [1.807, 2.05) is 0 Å². The number of thiophene rings is 1. The Hall–Kier alpha value is -0.930. The van der Waals surface area contributed by atoms with Crippen LogP contribution in [0.25, 0.3) is 0 Å². The maximum Gasteiger partial charge on any atom is 0.314 e. The van der Waals surface area contributed by atoms with Gasteiger partial charge in [-0.15, -0.1) is 11.3 Å². The molecule has 0 atom stereocenters. The van der Waals surface area contributed by atoms with Crippen LogP contribution in [0.2, 0.25) is 5.02 Å². The van der Waals surface area contributed by atoms with Crippen LogP contribution in [0.5, 0.6) is 5.75 Å². The number of nitrogens with zero attached hydrogens (tertiary/aromatic N) is 1. The van der Waals surface area contributed by atoms with Crippen molar-refractivity contribution in [2.24, 2.45) is 5.92 Å². The molecule has 0 amide bonds. The van der Waals surface area contributed by atoms with Gasteiger partial charge in [0.1, 0.15) is 9.96 Å². The molecule has 1 aromatic heterocycles. The van der Waals surface area contributed by atoms with E-state index in [0.717, 1.165) is 3.79 Å². The lowest BCUT2D eigenvalue weighted by atomic mass is 9.98. The minimum Gasteiger partial charge on any atom is -0.426 e. The number of hydrogen-bond donors (Lipinski definition) is 0. The van der Waals surface area contributed by atoms with Crippen LogP contribution in [0.15, 0.2) is 44.4 Å². The second-order valence-electron chi connectivity index (χ2n) is 5.61. The van der Waals surface area contributed by atoms with Gasteiger partial charge in [-0.25, -0.2) is 8.42 Å². The molecule has 134 valence electrons. The zero-order valence-corrected chi connectivity index (χ0v) is 17.0. The molecule has 2 aromatic rings. The van der Waals surface area contributed by atoms with E-state index in [1.54, 1.807) is 36.4 Å². The Morgan fingerprint density at radius 1 is 1.16 bits per heavy atom. The molecular weight excluding hydrogens is 450 g/mol. The Balaban J connectivity index is 1.59. The van der Waals surface area contributed by atoms with Gasteiger partial charge in [-0.1, -0.05) is 11.6 Å². The second-order valence-corrected chi connectivity index (χ2v) is 10.7. The van der Waals surface area contributed by atoms with Crippen LogP contribution in [0, 0.1) is 5.92 Å². The molecule has 9 heteroatoms. The summed E-state index contributed by atoms with van der Waals surface area (Å²) in [7, 11) is -3.50. The number of esters is 1. The molecule has 1 aromatic carbocycles. The molecule has 2 heterocycles. The average Bonchev–Trinajstić information content (AvgIpc) is 3.04. The molecule has 0 N–H and O–H groups in total. The zero-order valence-electron chi connectivity index (χ0n) is 13.0. The first-order valence-corrected chi connectivity index (χ1v) is 11.0. The summed E-state index contributed by atoms with van der Waals surface area (Å²) in [6.45, 7) is 0.608. The molecule has 0 bridgehead atoms. The Morgan fingerprint density at radius 3 is 2.36 bits per heavy atom. The predicted octanol–water partition coefficient (Wildman–Crippen LogP) is 4.17. The number of carbonyl (C=O) groups is 1. The topological polar surface area (TPSA) is 63.7 Å². The van der Waals surface area contributed by atoms with Gasteiger partial charge in [-0.3, -0.25) is 4.79 Å². The quantitative estimate of drug-likeness (QED) is 0.503. The molecule has 25 heavy (non-hydrogen) atoms. The van der Waals surface area contributed by atoms with Gasteiger partial charge in [0.05, 0.1) is 9.70 Å². The number of halogens is 2. The molecule has 3 rings (SSSR count). The summed E-state index contributed by atoms with van der Waals surface area (Å²) in [6.07, 6.45) is 0.885. The monoisotopic (exact) mass is 463 g/mol. The molecule has 0 aliphatic carbocycles. The fourth-order valence-electron chi connectivity index (χ4n) is 2.60. The standard InChI is InChI=1S/C16H15BrClNO4S2/c17-14-5-6-15(24-14)25(21,22)19-9-7-11(8-10-19)16(20)23-13-3-1-12(18)2-4-13/h1-6,11H,7-10H2. The summed E-state index contributed by atoms with van der Waals surface area (Å²) < 4.78 is 33.0. The third-order valence-electron chi connectivity index (χ3n) is 3.96. The van der Waals surface area contributed by atoms with Crippen molar-refractivity contribution in [1.29, 1.82) is 0 Å². The van der Waals surface area contributed by atoms with Gasteiger partial charge in [-0.2, -0.15) is 4.31 Å². The largest absolute Gasteiger partial charge is 0.426 e. The van der Waals surface area contributed by atoms with Crippen LogP contribution in [-0.2, 0) is 14.8 Å². The van der Waals surface area contributed by atoms with Crippen LogP contribution >= 0.6 is 38.9 Å². The molecule has 0 unspecified atom stereocenters. The van der Waals surface area contributed by atoms with Gasteiger partial charge in [0.15, 0.2) is 0 Å². The van der Waals surface area contributed by atoms with E-state index in [9.17, 15) is 13.2 Å².